The molecule has 0 saturated heterocycles. The van der Waals surface area contributed by atoms with Crippen LogP contribution in [-0.4, -0.2) is 17.1 Å². The van der Waals surface area contributed by atoms with Crippen molar-refractivity contribution in [1.82, 2.24) is 9.97 Å². The summed E-state index contributed by atoms with van der Waals surface area (Å²) in [6, 6.07) is 10.2. The van der Waals surface area contributed by atoms with Gasteiger partial charge in [0.15, 0.2) is 0 Å². The molecule has 3 aromatic rings. The first kappa shape index (κ1) is 10.2. The van der Waals surface area contributed by atoms with Gasteiger partial charge < -0.3 is 4.74 Å². The maximum Gasteiger partial charge on any atom is 0.241 e. The molecular weight excluding hydrogens is 232 g/mol. The molecular formula is C13H10N2OS. The van der Waals surface area contributed by atoms with Gasteiger partial charge >= 0.3 is 0 Å². The van der Waals surface area contributed by atoms with Gasteiger partial charge in [0.2, 0.25) is 5.88 Å². The number of pyridine rings is 1. The molecule has 0 spiro atoms. The minimum atomic E-state index is 0.584. The molecule has 4 heteroatoms. The van der Waals surface area contributed by atoms with Gasteiger partial charge in [0.05, 0.1) is 17.3 Å². The zero-order valence-corrected chi connectivity index (χ0v) is 10.1. The van der Waals surface area contributed by atoms with Gasteiger partial charge in [-0.2, -0.15) is 0 Å². The van der Waals surface area contributed by atoms with Crippen LogP contribution >= 0.6 is 11.3 Å². The van der Waals surface area contributed by atoms with Gasteiger partial charge in [-0.25, -0.2) is 9.97 Å². The third-order valence-electron chi connectivity index (χ3n) is 2.60. The van der Waals surface area contributed by atoms with E-state index in [0.29, 0.717) is 5.88 Å². The Morgan fingerprint density at radius 2 is 1.94 bits per heavy atom. The Labute approximate surface area is 103 Å². The average molecular weight is 242 g/mol. The Morgan fingerprint density at radius 3 is 2.71 bits per heavy atom. The highest BCUT2D eigenvalue weighted by Gasteiger charge is 2.11. The summed E-state index contributed by atoms with van der Waals surface area (Å²) in [6.45, 7) is 0. The monoisotopic (exact) mass is 242 g/mol. The van der Waals surface area contributed by atoms with Crippen LogP contribution in [0.2, 0.25) is 0 Å². The summed E-state index contributed by atoms with van der Waals surface area (Å²) in [7, 11) is 1.61. The zero-order chi connectivity index (χ0) is 11.7. The Hall–Kier alpha value is -1.94. The Bertz CT molecular complexity index is 649. The minimum absolute atomic E-state index is 0.584. The van der Waals surface area contributed by atoms with Crippen LogP contribution in [0, 0.1) is 0 Å². The van der Waals surface area contributed by atoms with Crippen LogP contribution in [0.1, 0.15) is 0 Å². The lowest BCUT2D eigenvalue weighted by atomic mass is 10.1. The average Bonchev–Trinajstić information content (AvgIpc) is 2.88. The summed E-state index contributed by atoms with van der Waals surface area (Å²) in [6.07, 6.45) is 1.84. The molecule has 0 saturated carbocycles. The van der Waals surface area contributed by atoms with Crippen molar-refractivity contribution in [2.45, 2.75) is 0 Å². The van der Waals surface area contributed by atoms with E-state index in [1.807, 2.05) is 29.9 Å². The second-order valence-electron chi connectivity index (χ2n) is 3.58. The maximum absolute atomic E-state index is 5.21. The quantitative estimate of drug-likeness (QED) is 0.691. The second-order valence-corrected chi connectivity index (χ2v) is 4.43. The van der Waals surface area contributed by atoms with Gasteiger partial charge in [-0.1, -0.05) is 30.3 Å². The first-order valence-electron chi connectivity index (χ1n) is 5.22. The Morgan fingerprint density at radius 1 is 1.12 bits per heavy atom. The number of ether oxygens (including phenoxy) is 1. The van der Waals surface area contributed by atoms with Gasteiger partial charge in [-0.3, -0.25) is 0 Å². The number of nitrogens with zero attached hydrogens (tertiary/aromatic N) is 2. The smallest absolute Gasteiger partial charge is 0.241 e. The Kier molecular flexibility index (Phi) is 2.49. The van der Waals surface area contributed by atoms with E-state index >= 15 is 0 Å². The molecule has 2 aromatic heterocycles. The largest absolute Gasteiger partial charge is 0.479 e. The molecule has 0 fully saturated rings. The van der Waals surface area contributed by atoms with Gasteiger partial charge in [-0.15, -0.1) is 11.3 Å². The fourth-order valence-corrected chi connectivity index (χ4v) is 2.62. The second kappa shape index (κ2) is 4.14. The van der Waals surface area contributed by atoms with E-state index in [2.05, 4.69) is 22.1 Å². The van der Waals surface area contributed by atoms with E-state index in [1.54, 1.807) is 18.4 Å². The van der Waals surface area contributed by atoms with Gasteiger partial charge in [-0.05, 0) is 5.56 Å². The predicted octanol–water partition coefficient (Wildman–Crippen LogP) is 3.37. The van der Waals surface area contributed by atoms with Crippen molar-refractivity contribution in [3.63, 3.8) is 0 Å². The third kappa shape index (κ3) is 1.66. The lowest BCUT2D eigenvalue weighted by Crippen LogP contribution is -1.90. The molecule has 0 radical (unpaired) electrons. The van der Waals surface area contributed by atoms with Crippen LogP contribution in [0.5, 0.6) is 5.88 Å². The van der Waals surface area contributed by atoms with Gasteiger partial charge in [0.1, 0.15) is 5.52 Å². The summed E-state index contributed by atoms with van der Waals surface area (Å²) in [5.41, 5.74) is 4.90. The normalized spacial score (nSPS) is 10.6. The highest BCUT2D eigenvalue weighted by atomic mass is 32.1. The van der Waals surface area contributed by atoms with Crippen molar-refractivity contribution < 1.29 is 4.74 Å². The molecule has 84 valence electrons. The number of benzene rings is 1. The minimum Gasteiger partial charge on any atom is -0.479 e. The fraction of sp³-hybridized carbons (Fsp3) is 0.0769. The Balaban J connectivity index is 2.29. The summed E-state index contributed by atoms with van der Waals surface area (Å²) >= 11 is 1.61. The van der Waals surface area contributed by atoms with E-state index in [0.717, 1.165) is 21.3 Å². The molecule has 2 heterocycles. The zero-order valence-electron chi connectivity index (χ0n) is 9.25. The highest BCUT2D eigenvalue weighted by molar-refractivity contribution is 7.17. The van der Waals surface area contributed by atoms with Crippen LogP contribution < -0.4 is 4.74 Å². The number of thiazole rings is 1. The number of hydrogen-bond donors (Lipinski definition) is 0. The molecule has 0 aliphatic rings. The molecule has 1 aromatic carbocycles. The SMILES string of the molecule is COc1ncc(-c2ccccc2)c2scnc12. The van der Waals surface area contributed by atoms with Crippen molar-refractivity contribution >= 4 is 21.6 Å². The molecule has 17 heavy (non-hydrogen) atoms. The molecule has 3 nitrogen and oxygen atoms in total. The summed E-state index contributed by atoms with van der Waals surface area (Å²) in [5.74, 6) is 0.584. The number of methoxy groups -OCH3 is 1. The number of rotatable bonds is 2. The predicted molar refractivity (Wildman–Crippen MR) is 69.4 cm³/mol. The van der Waals surface area contributed by atoms with Gasteiger partial charge in [0, 0.05) is 11.8 Å². The van der Waals surface area contributed by atoms with Gasteiger partial charge in [0.25, 0.3) is 0 Å². The molecule has 0 atom stereocenters. The first-order valence-corrected chi connectivity index (χ1v) is 6.09. The van der Waals surface area contributed by atoms with Crippen molar-refractivity contribution in [2.75, 3.05) is 7.11 Å². The van der Waals surface area contributed by atoms with E-state index in [9.17, 15) is 0 Å². The summed E-state index contributed by atoms with van der Waals surface area (Å²) in [5, 5.41) is 0. The lowest BCUT2D eigenvalue weighted by molar-refractivity contribution is 0.402. The molecule has 0 unspecified atom stereocenters. The van der Waals surface area contributed by atoms with Crippen LogP contribution in [0.3, 0.4) is 0 Å². The molecule has 3 rings (SSSR count). The van der Waals surface area contributed by atoms with Crippen molar-refractivity contribution in [2.24, 2.45) is 0 Å². The third-order valence-corrected chi connectivity index (χ3v) is 3.46. The first-order chi connectivity index (χ1) is 8.40. The van der Waals surface area contributed by atoms with E-state index < -0.39 is 0 Å². The van der Waals surface area contributed by atoms with E-state index in [4.69, 9.17) is 4.74 Å². The van der Waals surface area contributed by atoms with Crippen LogP contribution in [-0.2, 0) is 0 Å². The molecule has 0 aliphatic heterocycles. The van der Waals surface area contributed by atoms with Crippen LogP contribution in [0.25, 0.3) is 21.3 Å². The van der Waals surface area contributed by atoms with Crippen LogP contribution in [0.4, 0.5) is 0 Å². The molecule has 0 aliphatic carbocycles. The molecule has 0 amide bonds. The van der Waals surface area contributed by atoms with Crippen molar-refractivity contribution in [1.29, 1.82) is 0 Å². The summed E-state index contributed by atoms with van der Waals surface area (Å²) < 4.78 is 6.32. The van der Waals surface area contributed by atoms with Crippen molar-refractivity contribution in [3.05, 3.63) is 42.0 Å². The van der Waals surface area contributed by atoms with Crippen molar-refractivity contribution in [3.8, 4) is 17.0 Å². The summed E-state index contributed by atoms with van der Waals surface area (Å²) in [4.78, 5) is 8.60. The van der Waals surface area contributed by atoms with E-state index in [1.165, 1.54) is 0 Å². The molecule has 0 bridgehead atoms. The number of aromatic nitrogens is 2. The number of fused-ring (bicyclic) bond motifs is 1. The van der Waals surface area contributed by atoms with E-state index in [-0.39, 0.29) is 0 Å². The number of hydrogen-bond acceptors (Lipinski definition) is 4. The highest BCUT2D eigenvalue weighted by Crippen LogP contribution is 2.34. The topological polar surface area (TPSA) is 35.0 Å². The standard InChI is InChI=1S/C13H10N2OS/c1-16-13-11-12(17-8-15-11)10(7-14-13)9-5-3-2-4-6-9/h2-8H,1H3. The fourth-order valence-electron chi connectivity index (χ4n) is 1.81. The maximum atomic E-state index is 5.21. The molecule has 0 N–H and O–H groups in total. The lowest BCUT2D eigenvalue weighted by Gasteiger charge is -2.04. The van der Waals surface area contributed by atoms with Crippen LogP contribution in [0.15, 0.2) is 42.0 Å².